The minimum Gasteiger partial charge on any atom is -0.305 e. The highest BCUT2D eigenvalue weighted by Crippen LogP contribution is 2.30. The second-order valence-corrected chi connectivity index (χ2v) is 7.47. The average Bonchev–Trinajstić information content (AvgIpc) is 3.41. The van der Waals surface area contributed by atoms with E-state index in [0.29, 0.717) is 28.2 Å². The van der Waals surface area contributed by atoms with Gasteiger partial charge in [-0.2, -0.15) is 23.4 Å². The molecular formula is C22H14F4N8O. The molecule has 0 aliphatic heterocycles. The van der Waals surface area contributed by atoms with Gasteiger partial charge >= 0.3 is 6.18 Å². The van der Waals surface area contributed by atoms with Crippen LogP contribution in [-0.2, 0) is 13.2 Å². The molecule has 4 aromatic heterocycles. The molecule has 0 bridgehead atoms. The zero-order valence-electron chi connectivity index (χ0n) is 17.8. The van der Waals surface area contributed by atoms with Gasteiger partial charge in [0.15, 0.2) is 11.5 Å². The van der Waals surface area contributed by atoms with Gasteiger partial charge in [-0.1, -0.05) is 0 Å². The number of halogens is 4. The largest absolute Gasteiger partial charge is 0.451 e. The predicted molar refractivity (Wildman–Crippen MR) is 116 cm³/mol. The smallest absolute Gasteiger partial charge is 0.305 e. The first kappa shape index (κ1) is 22.1. The van der Waals surface area contributed by atoms with Crippen molar-refractivity contribution in [1.29, 1.82) is 0 Å². The first-order valence-electron chi connectivity index (χ1n) is 10.0. The average molecular weight is 482 g/mol. The summed E-state index contributed by atoms with van der Waals surface area (Å²) in [4.78, 5) is 23.0. The van der Waals surface area contributed by atoms with Gasteiger partial charge in [0.2, 0.25) is 5.82 Å². The van der Waals surface area contributed by atoms with E-state index in [9.17, 15) is 22.4 Å². The summed E-state index contributed by atoms with van der Waals surface area (Å²) < 4.78 is 54.2. The maximum atomic E-state index is 13.3. The fourth-order valence-electron chi connectivity index (χ4n) is 3.36. The van der Waals surface area contributed by atoms with Crippen LogP contribution in [0.25, 0.3) is 28.2 Å². The molecule has 0 aliphatic carbocycles. The van der Waals surface area contributed by atoms with E-state index in [1.165, 1.54) is 22.8 Å². The molecule has 1 N–H and O–H groups in total. The molecule has 1 aromatic carbocycles. The van der Waals surface area contributed by atoms with Gasteiger partial charge in [-0.25, -0.2) is 23.9 Å². The number of fused-ring (bicyclic) bond motifs is 1. The van der Waals surface area contributed by atoms with Gasteiger partial charge in [-0.15, -0.1) is 0 Å². The lowest BCUT2D eigenvalue weighted by molar-refractivity contribution is -0.145. The highest BCUT2D eigenvalue weighted by atomic mass is 19.4. The van der Waals surface area contributed by atoms with E-state index >= 15 is 0 Å². The fourth-order valence-corrected chi connectivity index (χ4v) is 3.36. The Kier molecular flexibility index (Phi) is 5.23. The Morgan fingerprint density at radius 1 is 0.971 bits per heavy atom. The van der Waals surface area contributed by atoms with Crippen molar-refractivity contribution >= 4 is 17.4 Å². The summed E-state index contributed by atoms with van der Waals surface area (Å²) in [5.41, 5.74) is 2.82. The third-order valence-electron chi connectivity index (χ3n) is 4.95. The van der Waals surface area contributed by atoms with Crippen LogP contribution in [-0.4, -0.2) is 40.3 Å². The van der Waals surface area contributed by atoms with Crippen LogP contribution in [0, 0.1) is 5.82 Å². The van der Waals surface area contributed by atoms with Crippen LogP contribution in [0.15, 0.2) is 61.2 Å². The van der Waals surface area contributed by atoms with E-state index in [1.807, 2.05) is 0 Å². The molecule has 35 heavy (non-hydrogen) atoms. The Hall–Kier alpha value is -4.68. The van der Waals surface area contributed by atoms with Crippen LogP contribution >= 0.6 is 0 Å². The molecule has 5 aromatic rings. The van der Waals surface area contributed by atoms with Crippen LogP contribution in [0.4, 0.5) is 23.4 Å². The maximum Gasteiger partial charge on any atom is 0.451 e. The Balaban J connectivity index is 1.42. The number of carbonyl (C=O) groups excluding carboxylic acids is 1. The molecule has 0 saturated heterocycles. The van der Waals surface area contributed by atoms with Gasteiger partial charge in [-0.3, -0.25) is 9.48 Å². The van der Waals surface area contributed by atoms with Crippen molar-refractivity contribution in [2.45, 2.75) is 6.18 Å². The van der Waals surface area contributed by atoms with Crippen LogP contribution in [0.3, 0.4) is 0 Å². The number of carbonyl (C=O) groups is 1. The van der Waals surface area contributed by atoms with E-state index in [1.54, 1.807) is 42.2 Å². The lowest BCUT2D eigenvalue weighted by Crippen LogP contribution is -2.16. The number of nitrogens with one attached hydrogen (secondary N) is 1. The summed E-state index contributed by atoms with van der Waals surface area (Å²) in [6.45, 7) is 0. The number of anilines is 1. The fraction of sp³-hybridized carbons (Fsp3) is 0.0909. The summed E-state index contributed by atoms with van der Waals surface area (Å²) in [5.74, 6) is -2.30. The highest BCUT2D eigenvalue weighted by molar-refractivity contribution is 6.03. The van der Waals surface area contributed by atoms with Gasteiger partial charge in [0.25, 0.3) is 5.91 Å². The topological polar surface area (TPSA) is 103 Å². The summed E-state index contributed by atoms with van der Waals surface area (Å²) in [5, 5.41) is 11.5. The summed E-state index contributed by atoms with van der Waals surface area (Å²) >= 11 is 0. The molecule has 0 atom stereocenters. The molecule has 13 heteroatoms. The number of hydrogen-bond acceptors (Lipinski definition) is 6. The number of benzene rings is 1. The van der Waals surface area contributed by atoms with Crippen LogP contribution in [0.1, 0.15) is 16.2 Å². The Labute approximate surface area is 194 Å². The van der Waals surface area contributed by atoms with Crippen molar-refractivity contribution in [3.05, 3.63) is 78.4 Å². The zero-order valence-corrected chi connectivity index (χ0v) is 17.8. The SMILES string of the molecule is Cn1cc(-c2ccc3nc(NC(=O)c4cnc(C(F)(F)F)nc4)cn3n2)c(-c2ccc(F)cc2)n1. The lowest BCUT2D eigenvalue weighted by Gasteiger charge is -2.05. The lowest BCUT2D eigenvalue weighted by atomic mass is 10.1. The molecule has 0 aliphatic rings. The highest BCUT2D eigenvalue weighted by Gasteiger charge is 2.34. The predicted octanol–water partition coefficient (Wildman–Crippen LogP) is 4.00. The van der Waals surface area contributed by atoms with Crippen molar-refractivity contribution in [3.8, 4) is 22.5 Å². The van der Waals surface area contributed by atoms with Crippen LogP contribution in [0.2, 0.25) is 0 Å². The van der Waals surface area contributed by atoms with Crippen LogP contribution < -0.4 is 5.32 Å². The molecule has 0 spiro atoms. The number of aryl methyl sites for hydroxylation is 1. The third kappa shape index (κ3) is 4.43. The summed E-state index contributed by atoms with van der Waals surface area (Å²) in [7, 11) is 1.75. The van der Waals surface area contributed by atoms with Gasteiger partial charge in [-0.05, 0) is 36.4 Å². The van der Waals surface area contributed by atoms with E-state index < -0.39 is 17.9 Å². The number of aromatic nitrogens is 7. The monoisotopic (exact) mass is 482 g/mol. The first-order valence-corrected chi connectivity index (χ1v) is 10.0. The maximum absolute atomic E-state index is 13.3. The molecule has 1 amide bonds. The van der Waals surface area contributed by atoms with E-state index in [0.717, 1.165) is 12.4 Å². The molecule has 9 nitrogen and oxygen atoms in total. The van der Waals surface area contributed by atoms with Crippen molar-refractivity contribution in [2.75, 3.05) is 5.32 Å². The van der Waals surface area contributed by atoms with Crippen LogP contribution in [0.5, 0.6) is 0 Å². The third-order valence-corrected chi connectivity index (χ3v) is 4.95. The standard InChI is InChI=1S/C22H14F4N8O/c1-33-10-15(19(32-33)12-2-4-14(23)5-3-12)16-6-7-18-29-17(11-34(18)31-16)30-20(35)13-8-27-21(28-9-13)22(24,25)26/h2-11H,1H3,(H,30,35). The zero-order chi connectivity index (χ0) is 24.7. The van der Waals surface area contributed by atoms with Gasteiger partial charge < -0.3 is 5.32 Å². The number of amides is 1. The van der Waals surface area contributed by atoms with Crippen molar-refractivity contribution < 1.29 is 22.4 Å². The molecular weight excluding hydrogens is 468 g/mol. The number of nitrogens with zero attached hydrogens (tertiary/aromatic N) is 7. The second kappa shape index (κ2) is 8.27. The summed E-state index contributed by atoms with van der Waals surface area (Å²) in [6.07, 6.45) is 0.102. The normalized spacial score (nSPS) is 11.7. The minimum absolute atomic E-state index is 0.129. The Bertz CT molecular complexity index is 1540. The molecule has 4 heterocycles. The van der Waals surface area contributed by atoms with Gasteiger partial charge in [0.1, 0.15) is 11.5 Å². The number of hydrogen-bond donors (Lipinski definition) is 1. The van der Waals surface area contributed by atoms with E-state index in [4.69, 9.17) is 0 Å². The molecule has 0 unspecified atom stereocenters. The van der Waals surface area contributed by atoms with Crippen molar-refractivity contribution in [3.63, 3.8) is 0 Å². The van der Waals surface area contributed by atoms with E-state index in [-0.39, 0.29) is 17.2 Å². The molecule has 0 saturated carbocycles. The molecule has 5 rings (SSSR count). The van der Waals surface area contributed by atoms with Gasteiger partial charge in [0, 0.05) is 36.8 Å². The quantitative estimate of drug-likeness (QED) is 0.389. The molecule has 0 radical (unpaired) electrons. The number of imidazole rings is 1. The first-order chi connectivity index (χ1) is 16.7. The van der Waals surface area contributed by atoms with Gasteiger partial charge in [0.05, 0.1) is 17.5 Å². The Morgan fingerprint density at radius 2 is 1.69 bits per heavy atom. The second-order valence-electron chi connectivity index (χ2n) is 7.47. The summed E-state index contributed by atoms with van der Waals surface area (Å²) in [6, 6.07) is 9.33. The number of rotatable bonds is 4. The van der Waals surface area contributed by atoms with E-state index in [2.05, 4.69) is 30.5 Å². The van der Waals surface area contributed by atoms with Crippen molar-refractivity contribution in [2.24, 2.45) is 7.05 Å². The Morgan fingerprint density at radius 3 is 2.37 bits per heavy atom. The molecule has 0 fully saturated rings. The number of alkyl halides is 3. The van der Waals surface area contributed by atoms with Crippen molar-refractivity contribution in [1.82, 2.24) is 34.3 Å². The molecule has 176 valence electrons. The minimum atomic E-state index is -4.70.